The third-order valence-electron chi connectivity index (χ3n) is 5.67. The molecule has 1 amide bonds. The first-order valence-corrected chi connectivity index (χ1v) is 12.2. The Kier molecular flexibility index (Phi) is 7.06. The number of piperidine rings is 1. The molecule has 5 nitrogen and oxygen atoms in total. The Morgan fingerprint density at radius 2 is 1.58 bits per heavy atom. The molecule has 1 N–H and O–H groups in total. The molecule has 3 aromatic rings. The molecule has 0 bridgehead atoms. The van der Waals surface area contributed by atoms with Crippen LogP contribution >= 0.6 is 34.8 Å². The van der Waals surface area contributed by atoms with E-state index < -0.39 is 5.54 Å². The molecule has 0 unspecified atom stereocenters. The van der Waals surface area contributed by atoms with Gasteiger partial charge >= 0.3 is 5.91 Å². The molecular weight excluding hydrogens is 479 g/mol. The van der Waals surface area contributed by atoms with Crippen LogP contribution in [0.4, 0.5) is 0 Å². The van der Waals surface area contributed by atoms with Gasteiger partial charge in [-0.05, 0) is 63.9 Å². The number of amides is 1. The van der Waals surface area contributed by atoms with Crippen LogP contribution in [0.3, 0.4) is 0 Å². The van der Waals surface area contributed by atoms with Crippen molar-refractivity contribution in [1.82, 2.24) is 20.0 Å². The summed E-state index contributed by atoms with van der Waals surface area (Å²) in [7, 11) is 0. The number of hydrogen-bond acceptors (Lipinski definition) is 3. The summed E-state index contributed by atoms with van der Waals surface area (Å²) in [5, 5.41) is 3.62. The highest BCUT2D eigenvalue weighted by molar-refractivity contribution is 6.36. The van der Waals surface area contributed by atoms with E-state index in [4.69, 9.17) is 39.8 Å². The van der Waals surface area contributed by atoms with Crippen LogP contribution in [0.25, 0.3) is 22.5 Å². The number of carbonyl (C=O) groups excluding carboxylic acids is 1. The van der Waals surface area contributed by atoms with Crippen LogP contribution in [-0.2, 0) is 5.54 Å². The first-order valence-electron chi connectivity index (χ1n) is 11.1. The highest BCUT2D eigenvalue weighted by atomic mass is 35.5. The Morgan fingerprint density at radius 1 is 0.939 bits per heavy atom. The lowest BCUT2D eigenvalue weighted by Gasteiger charge is -2.29. The van der Waals surface area contributed by atoms with Crippen LogP contribution in [0.2, 0.25) is 15.1 Å². The summed E-state index contributed by atoms with van der Waals surface area (Å²) in [5.41, 5.74) is 5.64. The lowest BCUT2D eigenvalue weighted by Crippen LogP contribution is -2.46. The number of rotatable bonds is 4. The lowest BCUT2D eigenvalue weighted by atomic mass is 10.0. The second kappa shape index (κ2) is 9.67. The molecule has 174 valence electrons. The van der Waals surface area contributed by atoms with Crippen molar-refractivity contribution in [2.75, 3.05) is 13.1 Å². The standard InChI is InChI=1S/C25H27Cl3N4O/c1-25(2,3)32-22(16-7-9-17(26)10-8-16)21(19-12-11-18(27)15-20(19)28)29-23(32)24(33)30-31-13-5-4-6-14-31/h7-12,15H,4-6,13-14H2,1-3H3,(H,30,33). The van der Waals surface area contributed by atoms with Gasteiger partial charge in [0.1, 0.15) is 0 Å². The van der Waals surface area contributed by atoms with E-state index in [0.717, 1.165) is 37.2 Å². The van der Waals surface area contributed by atoms with Crippen molar-refractivity contribution in [1.29, 1.82) is 0 Å². The maximum atomic E-state index is 13.5. The minimum atomic E-state index is -0.437. The molecule has 0 radical (unpaired) electrons. The van der Waals surface area contributed by atoms with Crippen LogP contribution < -0.4 is 5.43 Å². The SMILES string of the molecule is CC(C)(C)n1c(C(=O)NN2CCCCC2)nc(-c2ccc(Cl)cc2Cl)c1-c1ccc(Cl)cc1. The normalized spacial score (nSPS) is 15.0. The molecule has 4 rings (SSSR count). The Bertz CT molecular complexity index is 1160. The summed E-state index contributed by atoms with van der Waals surface area (Å²) in [6, 6.07) is 12.8. The molecular formula is C25H27Cl3N4O. The van der Waals surface area contributed by atoms with E-state index in [1.807, 2.05) is 39.9 Å². The number of nitrogens with zero attached hydrogens (tertiary/aromatic N) is 3. The second-order valence-corrected chi connectivity index (χ2v) is 10.5. The molecule has 0 atom stereocenters. The van der Waals surface area contributed by atoms with Gasteiger partial charge in [0, 0.05) is 39.8 Å². The van der Waals surface area contributed by atoms with Gasteiger partial charge in [-0.2, -0.15) is 0 Å². The fourth-order valence-electron chi connectivity index (χ4n) is 4.17. The van der Waals surface area contributed by atoms with Gasteiger partial charge < -0.3 is 4.57 Å². The molecule has 2 heterocycles. The van der Waals surface area contributed by atoms with Gasteiger partial charge in [-0.15, -0.1) is 0 Å². The van der Waals surface area contributed by atoms with Gasteiger partial charge in [0.05, 0.1) is 16.4 Å². The van der Waals surface area contributed by atoms with E-state index in [9.17, 15) is 4.79 Å². The molecule has 1 saturated heterocycles. The molecule has 1 fully saturated rings. The molecule has 1 aliphatic rings. The first kappa shape index (κ1) is 24.1. The van der Waals surface area contributed by atoms with E-state index in [1.165, 1.54) is 6.42 Å². The summed E-state index contributed by atoms with van der Waals surface area (Å²) in [6.45, 7) is 7.83. The van der Waals surface area contributed by atoms with E-state index in [0.29, 0.717) is 32.1 Å². The van der Waals surface area contributed by atoms with Crippen molar-refractivity contribution < 1.29 is 4.79 Å². The fraction of sp³-hybridized carbons (Fsp3) is 0.360. The number of benzene rings is 2. The first-order chi connectivity index (χ1) is 15.6. The number of imidazole rings is 1. The number of hydrogen-bond donors (Lipinski definition) is 1. The predicted molar refractivity (Wildman–Crippen MR) is 136 cm³/mol. The average Bonchev–Trinajstić information content (AvgIpc) is 3.16. The average molecular weight is 506 g/mol. The highest BCUT2D eigenvalue weighted by Gasteiger charge is 2.31. The van der Waals surface area contributed by atoms with Gasteiger partial charge in [-0.1, -0.05) is 53.4 Å². The van der Waals surface area contributed by atoms with Crippen LogP contribution in [-0.4, -0.2) is 33.6 Å². The van der Waals surface area contributed by atoms with Crippen molar-refractivity contribution in [3.63, 3.8) is 0 Å². The Morgan fingerprint density at radius 3 is 2.18 bits per heavy atom. The number of carbonyl (C=O) groups is 1. The maximum Gasteiger partial charge on any atom is 0.301 e. The lowest BCUT2D eigenvalue weighted by molar-refractivity contribution is 0.0728. The van der Waals surface area contributed by atoms with Crippen LogP contribution in [0.1, 0.15) is 50.7 Å². The quantitative estimate of drug-likeness (QED) is 0.413. The molecule has 0 spiro atoms. The molecule has 1 aliphatic heterocycles. The molecule has 0 aliphatic carbocycles. The zero-order valence-corrected chi connectivity index (χ0v) is 21.2. The van der Waals surface area contributed by atoms with Crippen LogP contribution in [0, 0.1) is 0 Å². The monoisotopic (exact) mass is 504 g/mol. The largest absolute Gasteiger partial charge is 0.314 e. The summed E-state index contributed by atoms with van der Waals surface area (Å²) in [4.78, 5) is 18.4. The van der Waals surface area contributed by atoms with E-state index in [1.54, 1.807) is 12.1 Å². The van der Waals surface area contributed by atoms with Gasteiger partial charge in [0.15, 0.2) is 0 Å². The smallest absolute Gasteiger partial charge is 0.301 e. The maximum absolute atomic E-state index is 13.5. The zero-order chi connectivity index (χ0) is 23.8. The van der Waals surface area contributed by atoms with E-state index in [-0.39, 0.29) is 5.91 Å². The van der Waals surface area contributed by atoms with Crippen molar-refractivity contribution in [3.8, 4) is 22.5 Å². The van der Waals surface area contributed by atoms with Crippen molar-refractivity contribution in [2.24, 2.45) is 0 Å². The molecule has 33 heavy (non-hydrogen) atoms. The Hall–Kier alpha value is -2.05. The summed E-state index contributed by atoms with van der Waals surface area (Å²) < 4.78 is 1.98. The van der Waals surface area contributed by atoms with Gasteiger partial charge in [-0.25, -0.2) is 9.99 Å². The second-order valence-electron chi connectivity index (χ2n) is 9.26. The zero-order valence-electron chi connectivity index (χ0n) is 19.0. The van der Waals surface area contributed by atoms with Crippen molar-refractivity contribution in [3.05, 3.63) is 63.4 Å². The fourth-order valence-corrected chi connectivity index (χ4v) is 4.79. The topological polar surface area (TPSA) is 50.2 Å². The van der Waals surface area contributed by atoms with E-state index in [2.05, 4.69) is 26.2 Å². The van der Waals surface area contributed by atoms with Gasteiger partial charge in [0.25, 0.3) is 0 Å². The molecule has 0 saturated carbocycles. The Balaban J connectivity index is 1.93. The van der Waals surface area contributed by atoms with Gasteiger partial charge in [-0.3, -0.25) is 10.2 Å². The molecule has 2 aromatic carbocycles. The number of nitrogens with one attached hydrogen (secondary N) is 1. The number of aromatic nitrogens is 2. The Labute approximate surface area is 209 Å². The summed E-state index contributed by atoms with van der Waals surface area (Å²) in [5.74, 6) is 0.0948. The number of hydrazine groups is 1. The van der Waals surface area contributed by atoms with Crippen molar-refractivity contribution in [2.45, 2.75) is 45.6 Å². The minimum Gasteiger partial charge on any atom is -0.314 e. The van der Waals surface area contributed by atoms with E-state index >= 15 is 0 Å². The summed E-state index contributed by atoms with van der Waals surface area (Å²) in [6.07, 6.45) is 3.31. The predicted octanol–water partition coefficient (Wildman–Crippen LogP) is 7.06. The number of halogens is 3. The van der Waals surface area contributed by atoms with Crippen molar-refractivity contribution >= 4 is 40.7 Å². The third kappa shape index (κ3) is 5.22. The molecule has 8 heteroatoms. The van der Waals surface area contributed by atoms with Gasteiger partial charge in [0.2, 0.25) is 5.82 Å². The summed E-state index contributed by atoms with van der Waals surface area (Å²) >= 11 is 18.9. The third-order valence-corrected chi connectivity index (χ3v) is 6.47. The minimum absolute atomic E-state index is 0.238. The van der Waals surface area contributed by atoms with Crippen LogP contribution in [0.5, 0.6) is 0 Å². The van der Waals surface area contributed by atoms with Crippen LogP contribution in [0.15, 0.2) is 42.5 Å². The highest BCUT2D eigenvalue weighted by Crippen LogP contribution is 2.40. The molecule has 1 aromatic heterocycles.